The van der Waals surface area contributed by atoms with Crippen LogP contribution in [-0.4, -0.2) is 25.0 Å². The third kappa shape index (κ3) is 3.61. The van der Waals surface area contributed by atoms with Crippen LogP contribution in [0.1, 0.15) is 28.8 Å². The second-order valence-corrected chi connectivity index (χ2v) is 4.84. The lowest BCUT2D eigenvalue weighted by Crippen LogP contribution is -2.45. The third-order valence-electron chi connectivity index (χ3n) is 3.14. The van der Waals surface area contributed by atoms with Crippen molar-refractivity contribution in [2.75, 3.05) is 13.1 Å². The average Bonchev–Trinajstić information content (AvgIpc) is 2.34. The van der Waals surface area contributed by atoms with Gasteiger partial charge in [-0.05, 0) is 44.0 Å². The molecule has 2 N–H and O–H groups in total. The number of carbonyl (C=O) groups excluding carboxylic acids is 1. The van der Waals surface area contributed by atoms with Gasteiger partial charge in [-0.2, -0.15) is 0 Å². The van der Waals surface area contributed by atoms with Crippen molar-refractivity contribution in [1.82, 2.24) is 10.6 Å². The molecule has 0 spiro atoms. The molecule has 3 nitrogen and oxygen atoms in total. The van der Waals surface area contributed by atoms with Crippen LogP contribution in [0.25, 0.3) is 0 Å². The van der Waals surface area contributed by atoms with Crippen LogP contribution < -0.4 is 10.6 Å². The Morgan fingerprint density at radius 1 is 1.50 bits per heavy atom. The summed E-state index contributed by atoms with van der Waals surface area (Å²) in [6.45, 7) is 3.77. The molecule has 0 saturated carbocycles. The Labute approximate surface area is 119 Å². The minimum absolute atomic E-state index is 0. The Hall–Kier alpha value is -0.770. The van der Waals surface area contributed by atoms with Crippen LogP contribution in [0.5, 0.6) is 0 Å². The minimum Gasteiger partial charge on any atom is -0.348 e. The summed E-state index contributed by atoms with van der Waals surface area (Å²) in [5.41, 5.74) is 1.51. The zero-order valence-electron chi connectivity index (χ0n) is 10.3. The van der Waals surface area contributed by atoms with E-state index in [2.05, 4.69) is 10.6 Å². The molecule has 1 aromatic rings. The van der Waals surface area contributed by atoms with Gasteiger partial charge in [-0.15, -0.1) is 12.4 Å². The molecule has 1 atom stereocenters. The van der Waals surface area contributed by atoms with Gasteiger partial charge in [0.25, 0.3) is 5.91 Å². The van der Waals surface area contributed by atoms with E-state index >= 15 is 0 Å². The maximum absolute atomic E-state index is 12.1. The van der Waals surface area contributed by atoms with Gasteiger partial charge in [0.2, 0.25) is 0 Å². The van der Waals surface area contributed by atoms with Crippen molar-refractivity contribution in [3.05, 3.63) is 34.3 Å². The maximum atomic E-state index is 12.1. The molecule has 1 saturated heterocycles. The van der Waals surface area contributed by atoms with Gasteiger partial charge in [0.1, 0.15) is 0 Å². The van der Waals surface area contributed by atoms with Gasteiger partial charge in [0.15, 0.2) is 0 Å². The standard InChI is InChI=1S/C13H17ClN2O.ClH/c1-9-11(5-2-6-12(9)14)13(17)16-10-4-3-7-15-8-10;/h2,5-6,10,15H,3-4,7-8H2,1H3,(H,16,17);1H. The predicted molar refractivity (Wildman–Crippen MR) is 76.8 cm³/mol. The van der Waals surface area contributed by atoms with Crippen molar-refractivity contribution < 1.29 is 4.79 Å². The summed E-state index contributed by atoms with van der Waals surface area (Å²) in [7, 11) is 0. The normalized spacial score (nSPS) is 18.9. The van der Waals surface area contributed by atoms with E-state index in [9.17, 15) is 4.79 Å². The van der Waals surface area contributed by atoms with E-state index in [1.165, 1.54) is 0 Å². The predicted octanol–water partition coefficient (Wildman–Crippen LogP) is 2.55. The van der Waals surface area contributed by atoms with E-state index in [1.54, 1.807) is 6.07 Å². The summed E-state index contributed by atoms with van der Waals surface area (Å²) in [5.74, 6) is -0.0290. The SMILES string of the molecule is Cc1c(Cl)cccc1C(=O)NC1CCCNC1.Cl. The molecule has 0 aliphatic carbocycles. The molecule has 1 aliphatic heterocycles. The van der Waals surface area contributed by atoms with E-state index in [0.717, 1.165) is 31.5 Å². The highest BCUT2D eigenvalue weighted by atomic mass is 35.5. The molecule has 0 radical (unpaired) electrons. The van der Waals surface area contributed by atoms with Crippen molar-refractivity contribution in [3.8, 4) is 0 Å². The zero-order valence-corrected chi connectivity index (χ0v) is 11.9. The van der Waals surface area contributed by atoms with Gasteiger partial charge >= 0.3 is 0 Å². The van der Waals surface area contributed by atoms with Crippen molar-refractivity contribution in [2.45, 2.75) is 25.8 Å². The molecule has 1 unspecified atom stereocenters. The third-order valence-corrected chi connectivity index (χ3v) is 3.55. The van der Waals surface area contributed by atoms with E-state index in [4.69, 9.17) is 11.6 Å². The molecule has 1 aliphatic rings. The fourth-order valence-electron chi connectivity index (χ4n) is 2.09. The number of amides is 1. The molecular weight excluding hydrogens is 271 g/mol. The first-order valence-corrected chi connectivity index (χ1v) is 6.33. The second-order valence-electron chi connectivity index (χ2n) is 4.43. The molecule has 1 amide bonds. The Kier molecular flexibility index (Phi) is 5.93. The quantitative estimate of drug-likeness (QED) is 0.878. The molecule has 0 bridgehead atoms. The number of carbonyl (C=O) groups is 1. The van der Waals surface area contributed by atoms with E-state index in [-0.39, 0.29) is 24.4 Å². The molecule has 18 heavy (non-hydrogen) atoms. The van der Waals surface area contributed by atoms with Crippen molar-refractivity contribution >= 4 is 29.9 Å². The van der Waals surface area contributed by atoms with Crippen LogP contribution >= 0.6 is 24.0 Å². The fourth-order valence-corrected chi connectivity index (χ4v) is 2.27. The van der Waals surface area contributed by atoms with Gasteiger partial charge < -0.3 is 10.6 Å². The van der Waals surface area contributed by atoms with Crippen LogP contribution in [-0.2, 0) is 0 Å². The largest absolute Gasteiger partial charge is 0.348 e. The molecule has 5 heteroatoms. The average molecular weight is 289 g/mol. The van der Waals surface area contributed by atoms with Gasteiger partial charge in [0, 0.05) is 23.2 Å². The first-order chi connectivity index (χ1) is 8.18. The van der Waals surface area contributed by atoms with Crippen LogP contribution in [0.4, 0.5) is 0 Å². The number of rotatable bonds is 2. The molecule has 100 valence electrons. The molecule has 2 rings (SSSR count). The highest BCUT2D eigenvalue weighted by Crippen LogP contribution is 2.18. The lowest BCUT2D eigenvalue weighted by atomic mass is 10.0. The van der Waals surface area contributed by atoms with Gasteiger partial charge in [-0.3, -0.25) is 4.79 Å². The smallest absolute Gasteiger partial charge is 0.251 e. The maximum Gasteiger partial charge on any atom is 0.251 e. The Bertz CT molecular complexity index is 417. The summed E-state index contributed by atoms with van der Waals surface area (Å²) in [4.78, 5) is 12.1. The highest BCUT2D eigenvalue weighted by molar-refractivity contribution is 6.31. The van der Waals surface area contributed by atoms with Gasteiger partial charge in [0.05, 0.1) is 0 Å². The van der Waals surface area contributed by atoms with Crippen LogP contribution in [0, 0.1) is 6.92 Å². The molecular formula is C13H18Cl2N2O. The second kappa shape index (κ2) is 6.98. The van der Waals surface area contributed by atoms with Crippen molar-refractivity contribution in [3.63, 3.8) is 0 Å². The van der Waals surface area contributed by atoms with Gasteiger partial charge in [-0.1, -0.05) is 17.7 Å². The zero-order chi connectivity index (χ0) is 12.3. The number of hydrogen-bond acceptors (Lipinski definition) is 2. The van der Waals surface area contributed by atoms with E-state index < -0.39 is 0 Å². The van der Waals surface area contributed by atoms with E-state index in [1.807, 2.05) is 19.1 Å². The minimum atomic E-state index is -0.0290. The lowest BCUT2D eigenvalue weighted by Gasteiger charge is -2.24. The summed E-state index contributed by atoms with van der Waals surface area (Å²) in [5, 5.41) is 6.96. The molecule has 1 fully saturated rings. The summed E-state index contributed by atoms with van der Waals surface area (Å²) >= 11 is 6.01. The molecule has 1 aromatic carbocycles. The number of halogens is 2. The fraction of sp³-hybridized carbons (Fsp3) is 0.462. The van der Waals surface area contributed by atoms with Crippen LogP contribution in [0.3, 0.4) is 0 Å². The first kappa shape index (κ1) is 15.3. The van der Waals surface area contributed by atoms with Crippen molar-refractivity contribution in [1.29, 1.82) is 0 Å². The summed E-state index contributed by atoms with van der Waals surface area (Å²) in [6.07, 6.45) is 2.15. The highest BCUT2D eigenvalue weighted by Gasteiger charge is 2.17. The van der Waals surface area contributed by atoms with Crippen LogP contribution in [0.2, 0.25) is 5.02 Å². The monoisotopic (exact) mass is 288 g/mol. The number of nitrogens with one attached hydrogen (secondary N) is 2. The first-order valence-electron chi connectivity index (χ1n) is 5.95. The number of piperidine rings is 1. The van der Waals surface area contributed by atoms with E-state index in [0.29, 0.717) is 10.6 Å². The Morgan fingerprint density at radius 3 is 2.94 bits per heavy atom. The topological polar surface area (TPSA) is 41.1 Å². The summed E-state index contributed by atoms with van der Waals surface area (Å²) in [6, 6.07) is 5.65. The molecule has 1 heterocycles. The van der Waals surface area contributed by atoms with Gasteiger partial charge in [-0.25, -0.2) is 0 Å². The molecule has 0 aromatic heterocycles. The number of benzene rings is 1. The Balaban J connectivity index is 0.00000162. The van der Waals surface area contributed by atoms with Crippen LogP contribution in [0.15, 0.2) is 18.2 Å². The lowest BCUT2D eigenvalue weighted by molar-refractivity contribution is 0.0930. The Morgan fingerprint density at radius 2 is 2.28 bits per heavy atom. The summed E-state index contributed by atoms with van der Waals surface area (Å²) < 4.78 is 0. The number of hydrogen-bond donors (Lipinski definition) is 2. The van der Waals surface area contributed by atoms with Crippen molar-refractivity contribution in [2.24, 2.45) is 0 Å².